The molecule has 0 heterocycles. The molecule has 0 aromatic heterocycles. The van der Waals surface area contributed by atoms with Crippen LogP contribution in [0.4, 0.5) is 0 Å². The molecule has 0 amide bonds. The first-order valence-electron chi connectivity index (χ1n) is 6.53. The average Bonchev–Trinajstić information content (AvgIpc) is 2.09. The molecule has 0 aliphatic carbocycles. The maximum absolute atomic E-state index is 10.1. The Morgan fingerprint density at radius 1 is 0.933 bits per heavy atom. The molecule has 1 nitrogen and oxygen atoms in total. The maximum Gasteiger partial charge on any atom is 0.188 e. The molecule has 0 spiro atoms. The Labute approximate surface area is 97.4 Å². The minimum absolute atomic E-state index is 0.178. The highest BCUT2D eigenvalue weighted by molar-refractivity contribution is 6.72. The molecular weight excluding hydrogens is 200 g/mol. The van der Waals surface area contributed by atoms with E-state index in [0.717, 1.165) is 0 Å². The largest absolute Gasteiger partial charge is 0.432 e. The average molecular weight is 230 g/mol. The predicted octanol–water partition coefficient (Wildman–Crippen LogP) is 4.71. The summed E-state index contributed by atoms with van der Waals surface area (Å²) in [6, 6.07) is 0. The lowest BCUT2D eigenvalue weighted by atomic mass is 10.0. The van der Waals surface area contributed by atoms with Crippen LogP contribution in [0, 0.1) is 0 Å². The van der Waals surface area contributed by atoms with E-state index in [1.54, 1.807) is 0 Å². The van der Waals surface area contributed by atoms with Crippen molar-refractivity contribution in [2.24, 2.45) is 0 Å². The molecular formula is C13H30OSi. The Kier molecular flexibility index (Phi) is 6.77. The van der Waals surface area contributed by atoms with Crippen molar-refractivity contribution in [3.05, 3.63) is 0 Å². The van der Waals surface area contributed by atoms with E-state index >= 15 is 0 Å². The molecule has 0 saturated heterocycles. The van der Waals surface area contributed by atoms with Gasteiger partial charge in [0.05, 0.1) is 0 Å². The van der Waals surface area contributed by atoms with Crippen LogP contribution >= 0.6 is 0 Å². The van der Waals surface area contributed by atoms with E-state index in [-0.39, 0.29) is 5.04 Å². The lowest BCUT2D eigenvalue weighted by Crippen LogP contribution is -2.38. The monoisotopic (exact) mass is 230 g/mol. The SMILES string of the molecule is CCCCCCCCC(C)(C)[Si](C)(C)O. The molecule has 15 heavy (non-hydrogen) atoms. The van der Waals surface area contributed by atoms with Crippen LogP contribution in [0.25, 0.3) is 0 Å². The van der Waals surface area contributed by atoms with Gasteiger partial charge >= 0.3 is 0 Å². The Morgan fingerprint density at radius 3 is 1.87 bits per heavy atom. The molecule has 0 fully saturated rings. The minimum atomic E-state index is -1.96. The van der Waals surface area contributed by atoms with E-state index in [1.807, 2.05) is 0 Å². The van der Waals surface area contributed by atoms with Crippen molar-refractivity contribution in [3.8, 4) is 0 Å². The molecule has 2 heteroatoms. The van der Waals surface area contributed by atoms with E-state index in [1.165, 1.54) is 44.9 Å². The van der Waals surface area contributed by atoms with Crippen molar-refractivity contribution in [3.63, 3.8) is 0 Å². The van der Waals surface area contributed by atoms with Gasteiger partial charge in [-0.3, -0.25) is 0 Å². The highest BCUT2D eigenvalue weighted by atomic mass is 28.4. The van der Waals surface area contributed by atoms with Crippen LogP contribution in [0.15, 0.2) is 0 Å². The number of unbranched alkanes of at least 4 members (excludes halogenated alkanes) is 5. The Bertz CT molecular complexity index is 158. The molecule has 92 valence electrons. The fourth-order valence-corrected chi connectivity index (χ4v) is 2.44. The zero-order valence-electron chi connectivity index (χ0n) is 11.4. The third-order valence-corrected chi connectivity index (χ3v) is 7.37. The molecule has 1 N–H and O–H groups in total. The van der Waals surface area contributed by atoms with Gasteiger partial charge in [-0.05, 0) is 24.6 Å². The molecule has 0 rings (SSSR count). The van der Waals surface area contributed by atoms with Crippen molar-refractivity contribution >= 4 is 8.32 Å². The maximum atomic E-state index is 10.1. The van der Waals surface area contributed by atoms with Gasteiger partial charge in [0, 0.05) is 0 Å². The summed E-state index contributed by atoms with van der Waals surface area (Å²) < 4.78 is 0. The summed E-state index contributed by atoms with van der Waals surface area (Å²) in [7, 11) is -1.96. The smallest absolute Gasteiger partial charge is 0.188 e. The van der Waals surface area contributed by atoms with Crippen molar-refractivity contribution in [2.45, 2.75) is 83.8 Å². The fraction of sp³-hybridized carbons (Fsp3) is 1.00. The van der Waals surface area contributed by atoms with Gasteiger partial charge in [-0.2, -0.15) is 0 Å². The van der Waals surface area contributed by atoms with Crippen molar-refractivity contribution in [1.29, 1.82) is 0 Å². The molecule has 0 aromatic rings. The van der Waals surface area contributed by atoms with Crippen LogP contribution in [-0.2, 0) is 0 Å². The Morgan fingerprint density at radius 2 is 1.40 bits per heavy atom. The molecule has 0 saturated carbocycles. The summed E-state index contributed by atoms with van der Waals surface area (Å²) in [6.07, 6.45) is 9.27. The summed E-state index contributed by atoms with van der Waals surface area (Å²) in [5.41, 5.74) is 0. The summed E-state index contributed by atoms with van der Waals surface area (Å²) >= 11 is 0. The van der Waals surface area contributed by atoms with E-state index in [0.29, 0.717) is 0 Å². The topological polar surface area (TPSA) is 20.2 Å². The van der Waals surface area contributed by atoms with Crippen molar-refractivity contribution in [2.75, 3.05) is 0 Å². The number of hydrogen-bond donors (Lipinski definition) is 1. The van der Waals surface area contributed by atoms with Gasteiger partial charge in [-0.25, -0.2) is 0 Å². The molecule has 0 unspecified atom stereocenters. The molecule has 0 aliphatic rings. The molecule has 0 atom stereocenters. The second-order valence-corrected chi connectivity index (χ2v) is 10.4. The van der Waals surface area contributed by atoms with Crippen LogP contribution < -0.4 is 0 Å². The van der Waals surface area contributed by atoms with Gasteiger partial charge in [-0.15, -0.1) is 0 Å². The van der Waals surface area contributed by atoms with Crippen molar-refractivity contribution < 1.29 is 4.80 Å². The van der Waals surface area contributed by atoms with Gasteiger partial charge in [0.15, 0.2) is 8.32 Å². The van der Waals surface area contributed by atoms with Crippen LogP contribution in [-0.4, -0.2) is 13.1 Å². The van der Waals surface area contributed by atoms with Gasteiger partial charge in [0.25, 0.3) is 0 Å². The molecule has 0 radical (unpaired) electrons. The zero-order chi connectivity index (χ0) is 11.9. The second-order valence-electron chi connectivity index (χ2n) is 5.96. The van der Waals surface area contributed by atoms with E-state index in [2.05, 4.69) is 33.9 Å². The quantitative estimate of drug-likeness (QED) is 0.473. The number of hydrogen-bond acceptors (Lipinski definition) is 1. The van der Waals surface area contributed by atoms with Crippen LogP contribution in [0.2, 0.25) is 18.1 Å². The predicted molar refractivity (Wildman–Crippen MR) is 71.7 cm³/mol. The highest BCUT2D eigenvalue weighted by Gasteiger charge is 2.36. The minimum Gasteiger partial charge on any atom is -0.432 e. The van der Waals surface area contributed by atoms with Crippen molar-refractivity contribution in [1.82, 2.24) is 0 Å². The summed E-state index contributed by atoms with van der Waals surface area (Å²) in [4.78, 5) is 10.1. The normalized spacial score (nSPS) is 13.2. The zero-order valence-corrected chi connectivity index (χ0v) is 12.4. The first kappa shape index (κ1) is 15.2. The summed E-state index contributed by atoms with van der Waals surface area (Å²) in [5, 5.41) is 0.178. The first-order chi connectivity index (χ1) is 6.81. The van der Waals surface area contributed by atoms with Gasteiger partial charge < -0.3 is 4.80 Å². The second kappa shape index (κ2) is 6.69. The Hall–Kier alpha value is 0.177. The van der Waals surface area contributed by atoms with Crippen LogP contribution in [0.1, 0.15) is 65.7 Å². The first-order valence-corrected chi connectivity index (χ1v) is 9.48. The van der Waals surface area contributed by atoms with Gasteiger partial charge in [-0.1, -0.05) is 59.3 Å². The molecule has 0 aliphatic heterocycles. The highest BCUT2D eigenvalue weighted by Crippen LogP contribution is 2.40. The number of rotatable bonds is 8. The van der Waals surface area contributed by atoms with Gasteiger partial charge in [0.2, 0.25) is 0 Å². The fourth-order valence-electron chi connectivity index (χ4n) is 1.65. The van der Waals surface area contributed by atoms with Crippen LogP contribution in [0.3, 0.4) is 0 Å². The van der Waals surface area contributed by atoms with E-state index in [4.69, 9.17) is 0 Å². The van der Waals surface area contributed by atoms with E-state index in [9.17, 15) is 4.80 Å². The summed E-state index contributed by atoms with van der Waals surface area (Å²) in [5.74, 6) is 0. The lowest BCUT2D eigenvalue weighted by molar-refractivity contribution is 0.433. The van der Waals surface area contributed by atoms with Gasteiger partial charge in [0.1, 0.15) is 0 Å². The van der Waals surface area contributed by atoms with Crippen LogP contribution in [0.5, 0.6) is 0 Å². The standard InChI is InChI=1S/C13H30OSi/c1-6-7-8-9-10-11-12-13(2,3)15(4,5)14/h14H,6-12H2,1-5H3. The molecule has 0 aromatic carbocycles. The molecule has 0 bridgehead atoms. The Balaban J connectivity index is 3.58. The lowest BCUT2D eigenvalue weighted by Gasteiger charge is -2.35. The third kappa shape index (κ3) is 6.36. The summed E-state index contributed by atoms with van der Waals surface area (Å²) in [6.45, 7) is 10.8. The third-order valence-electron chi connectivity index (χ3n) is 3.81. The van der Waals surface area contributed by atoms with E-state index < -0.39 is 8.32 Å².